The Morgan fingerprint density at radius 2 is 2.00 bits per heavy atom. The largest absolute Gasteiger partial charge is 0.505 e. The average molecular weight is 334 g/mol. The number of hydrazone groups is 1. The summed E-state index contributed by atoms with van der Waals surface area (Å²) in [5.74, 6) is -0.477. The van der Waals surface area contributed by atoms with Gasteiger partial charge in [0.15, 0.2) is 0 Å². The van der Waals surface area contributed by atoms with Crippen molar-refractivity contribution in [3.63, 3.8) is 0 Å². The van der Waals surface area contributed by atoms with Crippen molar-refractivity contribution >= 4 is 23.2 Å². The number of aromatic nitrogens is 1. The van der Waals surface area contributed by atoms with Crippen molar-refractivity contribution < 1.29 is 15.0 Å². The van der Waals surface area contributed by atoms with Crippen LogP contribution in [0.4, 0.5) is 0 Å². The number of hydrogen-bond acceptors (Lipinski definition) is 5. The fourth-order valence-corrected chi connectivity index (χ4v) is 2.14. The van der Waals surface area contributed by atoms with Crippen molar-refractivity contribution in [3.05, 3.63) is 57.9 Å². The van der Waals surface area contributed by atoms with Crippen LogP contribution >= 0.6 is 11.6 Å². The van der Waals surface area contributed by atoms with Gasteiger partial charge in [-0.15, -0.1) is 0 Å². The minimum absolute atomic E-state index is 0.0708. The zero-order chi connectivity index (χ0) is 17.0. The molecule has 0 aliphatic rings. The maximum absolute atomic E-state index is 12.0. The van der Waals surface area contributed by atoms with Gasteiger partial charge in [0.05, 0.1) is 18.0 Å². The monoisotopic (exact) mass is 333 g/mol. The van der Waals surface area contributed by atoms with Crippen LogP contribution in [0.5, 0.6) is 5.75 Å². The molecule has 0 radical (unpaired) electrons. The highest BCUT2D eigenvalue weighted by atomic mass is 35.5. The molecule has 7 heteroatoms. The molecule has 0 spiro atoms. The molecule has 0 unspecified atom stereocenters. The normalized spacial score (nSPS) is 11.4. The molecule has 1 heterocycles. The summed E-state index contributed by atoms with van der Waals surface area (Å²) in [6.07, 6.45) is 1.46. The average Bonchev–Trinajstić information content (AvgIpc) is 2.55. The van der Waals surface area contributed by atoms with Crippen molar-refractivity contribution in [1.29, 1.82) is 0 Å². The highest BCUT2D eigenvalue weighted by Crippen LogP contribution is 2.24. The molecule has 0 saturated heterocycles. The number of carbonyl (C=O) groups is 1. The predicted molar refractivity (Wildman–Crippen MR) is 87.7 cm³/mol. The molecular weight excluding hydrogens is 318 g/mol. The van der Waals surface area contributed by atoms with E-state index in [9.17, 15) is 15.0 Å². The Morgan fingerprint density at radius 1 is 1.35 bits per heavy atom. The van der Waals surface area contributed by atoms with E-state index in [0.717, 1.165) is 0 Å². The fraction of sp³-hybridized carbons (Fsp3) is 0.188. The first-order chi connectivity index (χ1) is 10.9. The number of rotatable bonds is 4. The Bertz CT molecular complexity index is 758. The number of aryl methyl sites for hydroxylation is 1. The van der Waals surface area contributed by atoms with E-state index in [2.05, 4.69) is 15.5 Å². The van der Waals surface area contributed by atoms with Crippen molar-refractivity contribution in [2.45, 2.75) is 20.5 Å². The quantitative estimate of drug-likeness (QED) is 0.591. The van der Waals surface area contributed by atoms with Gasteiger partial charge >= 0.3 is 0 Å². The Balaban J connectivity index is 2.25. The van der Waals surface area contributed by atoms with Gasteiger partial charge in [-0.25, -0.2) is 5.43 Å². The molecule has 0 aliphatic carbocycles. The van der Waals surface area contributed by atoms with E-state index < -0.39 is 5.91 Å². The molecule has 0 bridgehead atoms. The standard InChI is InChI=1S/C16H16ClN3O3/c1-9(14-12(8-21)7-18-10(2)15(14)22)19-20-16(23)11-3-5-13(17)6-4-11/h3-7,21-22H,8H2,1-2H3,(H,20,23)/b19-9+. The number of amides is 1. The summed E-state index contributed by atoms with van der Waals surface area (Å²) in [6.45, 7) is 2.96. The molecule has 6 nitrogen and oxygen atoms in total. The van der Waals surface area contributed by atoms with Gasteiger partial charge in [0.1, 0.15) is 5.75 Å². The van der Waals surface area contributed by atoms with Crippen molar-refractivity contribution in [3.8, 4) is 5.75 Å². The second kappa shape index (κ2) is 7.21. The highest BCUT2D eigenvalue weighted by molar-refractivity contribution is 6.30. The number of carbonyl (C=O) groups excluding carboxylic acids is 1. The zero-order valence-corrected chi connectivity index (χ0v) is 13.4. The van der Waals surface area contributed by atoms with Crippen molar-refractivity contribution in [2.24, 2.45) is 5.10 Å². The van der Waals surface area contributed by atoms with Gasteiger partial charge in [-0.05, 0) is 38.1 Å². The summed E-state index contributed by atoms with van der Waals surface area (Å²) in [5, 5.41) is 24.0. The summed E-state index contributed by atoms with van der Waals surface area (Å²) < 4.78 is 0. The first-order valence-electron chi connectivity index (χ1n) is 6.83. The molecule has 1 aromatic carbocycles. The Labute approximate surface area is 138 Å². The molecule has 23 heavy (non-hydrogen) atoms. The SMILES string of the molecule is C/C(=N\NC(=O)c1ccc(Cl)cc1)c1c(CO)cnc(C)c1O. The van der Waals surface area contributed by atoms with Gasteiger partial charge in [0, 0.05) is 27.9 Å². The van der Waals surface area contributed by atoms with Crippen LogP contribution in [0.15, 0.2) is 35.6 Å². The number of pyridine rings is 1. The van der Waals surface area contributed by atoms with Gasteiger partial charge in [0.25, 0.3) is 5.91 Å². The smallest absolute Gasteiger partial charge is 0.271 e. The molecule has 3 N–H and O–H groups in total. The number of aromatic hydroxyl groups is 1. The summed E-state index contributed by atoms with van der Waals surface area (Å²) in [4.78, 5) is 16.0. The lowest BCUT2D eigenvalue weighted by Gasteiger charge is -2.11. The minimum atomic E-state index is -0.406. The lowest BCUT2D eigenvalue weighted by Crippen LogP contribution is -2.19. The third kappa shape index (κ3) is 3.85. The van der Waals surface area contributed by atoms with Crippen LogP contribution in [0, 0.1) is 6.92 Å². The molecule has 0 aliphatic heterocycles. The Kier molecular flexibility index (Phi) is 5.31. The van der Waals surface area contributed by atoms with Gasteiger partial charge in [0.2, 0.25) is 0 Å². The molecule has 2 aromatic rings. The van der Waals surface area contributed by atoms with Crippen LogP contribution in [0.3, 0.4) is 0 Å². The number of benzene rings is 1. The van der Waals surface area contributed by atoms with E-state index >= 15 is 0 Å². The van der Waals surface area contributed by atoms with Crippen LogP contribution in [0.2, 0.25) is 5.02 Å². The van der Waals surface area contributed by atoms with Gasteiger partial charge in [-0.3, -0.25) is 9.78 Å². The van der Waals surface area contributed by atoms with Crippen LogP contribution in [0.1, 0.15) is 34.1 Å². The summed E-state index contributed by atoms with van der Waals surface area (Å²) in [5.41, 5.74) is 4.37. The Hall–Kier alpha value is -2.44. The summed E-state index contributed by atoms with van der Waals surface area (Å²) in [7, 11) is 0. The lowest BCUT2D eigenvalue weighted by molar-refractivity contribution is 0.0955. The molecule has 2 rings (SSSR count). The van der Waals surface area contributed by atoms with Crippen LogP contribution in [0.25, 0.3) is 0 Å². The van der Waals surface area contributed by atoms with E-state index in [1.807, 2.05) is 0 Å². The van der Waals surface area contributed by atoms with Crippen LogP contribution in [-0.2, 0) is 6.61 Å². The number of aliphatic hydroxyl groups is 1. The molecule has 0 fully saturated rings. The van der Waals surface area contributed by atoms with E-state index in [-0.39, 0.29) is 12.4 Å². The van der Waals surface area contributed by atoms with Gasteiger partial charge in [-0.2, -0.15) is 5.10 Å². The van der Waals surface area contributed by atoms with Crippen molar-refractivity contribution in [1.82, 2.24) is 10.4 Å². The van der Waals surface area contributed by atoms with E-state index in [1.165, 1.54) is 6.20 Å². The van der Waals surface area contributed by atoms with Gasteiger partial charge < -0.3 is 10.2 Å². The fourth-order valence-electron chi connectivity index (χ4n) is 2.01. The Morgan fingerprint density at radius 3 is 2.61 bits per heavy atom. The third-order valence-corrected chi connectivity index (χ3v) is 3.53. The first-order valence-corrected chi connectivity index (χ1v) is 7.20. The molecule has 120 valence electrons. The third-order valence-electron chi connectivity index (χ3n) is 3.28. The zero-order valence-electron chi connectivity index (χ0n) is 12.7. The molecule has 1 amide bonds. The number of halogens is 1. The molecule has 0 saturated carbocycles. The first kappa shape index (κ1) is 16.9. The number of nitrogens with one attached hydrogen (secondary N) is 1. The second-order valence-corrected chi connectivity index (χ2v) is 5.33. The van der Waals surface area contributed by atoms with Crippen molar-refractivity contribution in [2.75, 3.05) is 0 Å². The van der Waals surface area contributed by atoms with E-state index in [0.29, 0.717) is 33.1 Å². The highest BCUT2D eigenvalue weighted by Gasteiger charge is 2.14. The molecule has 0 atom stereocenters. The van der Waals surface area contributed by atoms with E-state index in [4.69, 9.17) is 11.6 Å². The van der Waals surface area contributed by atoms with E-state index in [1.54, 1.807) is 38.1 Å². The topological polar surface area (TPSA) is 94.8 Å². The minimum Gasteiger partial charge on any atom is -0.505 e. The predicted octanol–water partition coefficient (Wildman–Crippen LogP) is 2.40. The molecule has 1 aromatic heterocycles. The number of nitrogens with zero attached hydrogens (tertiary/aromatic N) is 2. The van der Waals surface area contributed by atoms with Gasteiger partial charge in [-0.1, -0.05) is 11.6 Å². The number of aliphatic hydroxyl groups excluding tert-OH is 1. The maximum atomic E-state index is 12.0. The van der Waals surface area contributed by atoms with Crippen LogP contribution in [-0.4, -0.2) is 26.8 Å². The second-order valence-electron chi connectivity index (χ2n) is 4.90. The number of hydrogen-bond donors (Lipinski definition) is 3. The lowest BCUT2D eigenvalue weighted by atomic mass is 10.0. The molecular formula is C16H16ClN3O3. The summed E-state index contributed by atoms with van der Waals surface area (Å²) in [6, 6.07) is 6.37. The van der Waals surface area contributed by atoms with Crippen LogP contribution < -0.4 is 5.43 Å². The summed E-state index contributed by atoms with van der Waals surface area (Å²) >= 11 is 5.77. The maximum Gasteiger partial charge on any atom is 0.271 e.